The van der Waals surface area contributed by atoms with Gasteiger partial charge in [-0.1, -0.05) is 109 Å². The zero-order valence-corrected chi connectivity index (χ0v) is 21.2. The average molecular weight is 484 g/mol. The normalized spacial score (nSPS) is 11.7. The van der Waals surface area contributed by atoms with Crippen molar-refractivity contribution in [2.75, 3.05) is 13.3 Å². The first-order chi connectivity index (χ1) is 17.5. The molecule has 36 heavy (non-hydrogen) atoms. The summed E-state index contributed by atoms with van der Waals surface area (Å²) in [6, 6.07) is 42.0. The molecule has 0 unspecified atom stereocenters. The van der Waals surface area contributed by atoms with Gasteiger partial charge in [-0.25, -0.2) is 4.98 Å². The minimum absolute atomic E-state index is 0.888. The Bertz CT molecular complexity index is 1750. The van der Waals surface area contributed by atoms with Crippen molar-refractivity contribution in [1.82, 2.24) is 4.98 Å². The summed E-state index contributed by atoms with van der Waals surface area (Å²) in [4.78, 5) is 5.27. The van der Waals surface area contributed by atoms with E-state index in [9.17, 15) is 4.57 Å². The minimum atomic E-state index is -2.33. The molecule has 0 aliphatic rings. The number of hydrogen-bond acceptors (Lipinski definition) is 2. The van der Waals surface area contributed by atoms with Crippen LogP contribution in [-0.2, 0) is 4.57 Å². The van der Waals surface area contributed by atoms with E-state index in [-0.39, 0.29) is 0 Å². The van der Waals surface area contributed by atoms with Gasteiger partial charge >= 0.3 is 0 Å². The molecule has 0 aliphatic carbocycles. The van der Waals surface area contributed by atoms with Gasteiger partial charge in [0, 0.05) is 21.8 Å². The second-order valence-electron chi connectivity index (χ2n) is 9.55. The molecule has 2 nitrogen and oxygen atoms in total. The maximum atomic E-state index is 12.6. The molecule has 0 radical (unpaired) electrons. The highest BCUT2D eigenvalue weighted by atomic mass is 31.2. The van der Waals surface area contributed by atoms with Crippen LogP contribution in [0.4, 0.5) is 0 Å². The topological polar surface area (TPSA) is 30.0 Å². The van der Waals surface area contributed by atoms with Crippen LogP contribution in [0.2, 0.25) is 0 Å². The molecule has 3 heteroatoms. The second-order valence-corrected chi connectivity index (χ2v) is 12.8. The smallest absolute Gasteiger partial charge is 0.109 e. The first kappa shape index (κ1) is 22.5. The SMILES string of the molecule is CP(C)(=O)c1ccc(-c2cc3ccccc3c3c(-c4ccccc4)cc(-c4ccccc4)nc23)cc1. The molecule has 0 atom stereocenters. The second kappa shape index (κ2) is 8.90. The van der Waals surface area contributed by atoms with Gasteiger partial charge in [0.15, 0.2) is 0 Å². The van der Waals surface area contributed by atoms with Gasteiger partial charge in [-0.3, -0.25) is 0 Å². The van der Waals surface area contributed by atoms with E-state index in [2.05, 4.69) is 103 Å². The molecule has 0 fully saturated rings. The summed E-state index contributed by atoms with van der Waals surface area (Å²) in [5, 5.41) is 4.39. The molecule has 0 amide bonds. The molecule has 1 heterocycles. The van der Waals surface area contributed by atoms with E-state index >= 15 is 0 Å². The molecule has 6 aromatic rings. The van der Waals surface area contributed by atoms with Gasteiger partial charge in [0.25, 0.3) is 0 Å². The van der Waals surface area contributed by atoms with E-state index < -0.39 is 7.14 Å². The summed E-state index contributed by atoms with van der Waals surface area (Å²) in [6.45, 7) is 3.63. The Morgan fingerprint density at radius 2 is 1.17 bits per heavy atom. The fourth-order valence-corrected chi connectivity index (χ4v) is 5.78. The summed E-state index contributed by atoms with van der Waals surface area (Å²) < 4.78 is 12.6. The van der Waals surface area contributed by atoms with Crippen molar-refractivity contribution in [2.24, 2.45) is 0 Å². The quantitative estimate of drug-likeness (QED) is 0.186. The third-order valence-electron chi connectivity index (χ3n) is 6.76. The van der Waals surface area contributed by atoms with Crippen LogP contribution in [0.5, 0.6) is 0 Å². The largest absolute Gasteiger partial charge is 0.319 e. The predicted molar refractivity (Wildman–Crippen MR) is 155 cm³/mol. The minimum Gasteiger partial charge on any atom is -0.319 e. The first-order valence-corrected chi connectivity index (χ1v) is 14.7. The van der Waals surface area contributed by atoms with Crippen molar-refractivity contribution in [3.05, 3.63) is 121 Å². The van der Waals surface area contributed by atoms with E-state index in [0.717, 1.165) is 44.2 Å². The van der Waals surface area contributed by atoms with Crippen LogP contribution in [-0.4, -0.2) is 18.3 Å². The van der Waals surface area contributed by atoms with Gasteiger partial charge in [0.2, 0.25) is 0 Å². The Labute approximate surface area is 211 Å². The summed E-state index contributed by atoms with van der Waals surface area (Å²) in [6.07, 6.45) is 0. The van der Waals surface area contributed by atoms with Gasteiger partial charge in [0.05, 0.1) is 11.2 Å². The third-order valence-corrected chi connectivity index (χ3v) is 8.30. The number of fused-ring (bicyclic) bond motifs is 3. The Morgan fingerprint density at radius 3 is 1.83 bits per heavy atom. The van der Waals surface area contributed by atoms with Crippen molar-refractivity contribution in [3.8, 4) is 33.5 Å². The molecule has 174 valence electrons. The highest BCUT2D eigenvalue weighted by Crippen LogP contribution is 2.42. The molecule has 0 aliphatic heterocycles. The van der Waals surface area contributed by atoms with Crippen molar-refractivity contribution >= 4 is 34.1 Å². The summed E-state index contributed by atoms with van der Waals surface area (Å²) in [7, 11) is -2.33. The molecule has 5 aromatic carbocycles. The number of pyridine rings is 1. The van der Waals surface area contributed by atoms with Crippen LogP contribution in [0.25, 0.3) is 55.2 Å². The van der Waals surface area contributed by atoms with Crippen LogP contribution in [0.3, 0.4) is 0 Å². The molecule has 0 N–H and O–H groups in total. The van der Waals surface area contributed by atoms with Gasteiger partial charge in [-0.05, 0) is 52.9 Å². The molecule has 0 saturated heterocycles. The van der Waals surface area contributed by atoms with E-state index in [1.54, 1.807) is 0 Å². The Hall–Kier alpha value is -4.00. The van der Waals surface area contributed by atoms with Crippen LogP contribution >= 0.6 is 7.14 Å². The lowest BCUT2D eigenvalue weighted by molar-refractivity contribution is 0.588. The fraction of sp³-hybridized carbons (Fsp3) is 0.0606. The molecule has 0 saturated carbocycles. The standard InChI is InChI=1S/C33H26NOP/c1-36(2,35)27-19-17-24(18-20-27)30-21-26-15-9-10-16-28(26)32-29(23-11-5-3-6-12-23)22-31(34-33(30)32)25-13-7-4-8-14-25/h3-22H,1-2H3. The van der Waals surface area contributed by atoms with Crippen LogP contribution < -0.4 is 5.30 Å². The lowest BCUT2D eigenvalue weighted by atomic mass is 9.90. The monoisotopic (exact) mass is 483 g/mol. The van der Waals surface area contributed by atoms with Gasteiger partial charge < -0.3 is 4.57 Å². The summed E-state index contributed by atoms with van der Waals surface area (Å²) in [5.41, 5.74) is 7.48. The van der Waals surface area contributed by atoms with Gasteiger partial charge in [0.1, 0.15) is 7.14 Å². The Kier molecular flexibility index (Phi) is 5.55. The zero-order valence-electron chi connectivity index (χ0n) is 20.3. The molecule has 0 spiro atoms. The van der Waals surface area contributed by atoms with Crippen molar-refractivity contribution < 1.29 is 4.57 Å². The number of aromatic nitrogens is 1. The molecular weight excluding hydrogens is 457 g/mol. The highest BCUT2D eigenvalue weighted by molar-refractivity contribution is 7.70. The fourth-order valence-electron chi connectivity index (χ4n) is 4.91. The number of rotatable bonds is 4. The summed E-state index contributed by atoms with van der Waals surface area (Å²) in [5.74, 6) is 0. The zero-order chi connectivity index (χ0) is 24.7. The number of benzene rings is 5. The number of nitrogens with zero attached hydrogens (tertiary/aromatic N) is 1. The molecule has 6 rings (SSSR count). The maximum Gasteiger partial charge on any atom is 0.109 e. The lowest BCUT2D eigenvalue weighted by Crippen LogP contribution is -2.01. The predicted octanol–water partition coefficient (Wildman–Crippen LogP) is 8.64. The van der Waals surface area contributed by atoms with Crippen LogP contribution in [0.1, 0.15) is 0 Å². The van der Waals surface area contributed by atoms with Crippen molar-refractivity contribution in [2.45, 2.75) is 0 Å². The van der Waals surface area contributed by atoms with Gasteiger partial charge in [-0.2, -0.15) is 0 Å². The van der Waals surface area contributed by atoms with Crippen LogP contribution in [0, 0.1) is 0 Å². The van der Waals surface area contributed by atoms with E-state index in [1.165, 1.54) is 16.3 Å². The highest BCUT2D eigenvalue weighted by Gasteiger charge is 2.18. The van der Waals surface area contributed by atoms with Crippen molar-refractivity contribution in [1.29, 1.82) is 0 Å². The number of hydrogen-bond donors (Lipinski definition) is 0. The molecule has 1 aromatic heterocycles. The van der Waals surface area contributed by atoms with E-state index in [1.807, 2.05) is 31.5 Å². The molecule has 0 bridgehead atoms. The Balaban J connectivity index is 1.74. The first-order valence-electron chi connectivity index (χ1n) is 12.1. The van der Waals surface area contributed by atoms with Crippen LogP contribution in [0.15, 0.2) is 121 Å². The molecular formula is C33H26NOP. The lowest BCUT2D eigenvalue weighted by Gasteiger charge is -2.17. The Morgan fingerprint density at radius 1 is 0.583 bits per heavy atom. The summed E-state index contributed by atoms with van der Waals surface area (Å²) >= 11 is 0. The van der Waals surface area contributed by atoms with Gasteiger partial charge in [-0.15, -0.1) is 0 Å². The van der Waals surface area contributed by atoms with Crippen molar-refractivity contribution in [3.63, 3.8) is 0 Å². The maximum absolute atomic E-state index is 12.6. The van der Waals surface area contributed by atoms with E-state index in [0.29, 0.717) is 0 Å². The van der Waals surface area contributed by atoms with E-state index in [4.69, 9.17) is 4.98 Å². The third kappa shape index (κ3) is 4.04. The average Bonchev–Trinajstić information content (AvgIpc) is 2.92.